The van der Waals surface area contributed by atoms with Gasteiger partial charge < -0.3 is 9.88 Å². The van der Waals surface area contributed by atoms with Crippen molar-refractivity contribution in [2.24, 2.45) is 0 Å². The minimum Gasteiger partial charge on any atom is -0.353 e. The minimum atomic E-state index is 0.0452. The van der Waals surface area contributed by atoms with Crippen LogP contribution in [0.2, 0.25) is 0 Å². The third-order valence-corrected chi connectivity index (χ3v) is 6.63. The molecule has 1 aliphatic rings. The van der Waals surface area contributed by atoms with Gasteiger partial charge in [-0.1, -0.05) is 73.5 Å². The summed E-state index contributed by atoms with van der Waals surface area (Å²) in [6.07, 6.45) is 6.86. The highest BCUT2D eigenvalue weighted by Crippen LogP contribution is 2.33. The molecular formula is C24H30N4OS. The number of benzene rings is 2. The van der Waals surface area contributed by atoms with E-state index < -0.39 is 0 Å². The molecule has 2 aromatic carbocycles. The van der Waals surface area contributed by atoms with Crippen LogP contribution in [0.4, 0.5) is 0 Å². The second-order valence-electron chi connectivity index (χ2n) is 8.39. The minimum absolute atomic E-state index is 0.0452. The first kappa shape index (κ1) is 20.9. The smallest absolute Gasteiger partial charge is 0.230 e. The Morgan fingerprint density at radius 3 is 2.67 bits per heavy atom. The average molecular weight is 423 g/mol. The molecule has 0 spiro atoms. The van der Waals surface area contributed by atoms with E-state index in [0.717, 1.165) is 30.2 Å². The van der Waals surface area contributed by atoms with E-state index >= 15 is 0 Å². The van der Waals surface area contributed by atoms with Crippen LogP contribution in [0.5, 0.6) is 0 Å². The van der Waals surface area contributed by atoms with Crippen molar-refractivity contribution in [1.82, 2.24) is 20.1 Å². The molecule has 0 radical (unpaired) electrons. The number of carbonyl (C=O) groups excluding carboxylic acids is 1. The number of nitrogens with one attached hydrogen (secondary N) is 1. The summed E-state index contributed by atoms with van der Waals surface area (Å²) >= 11 is 1.50. The summed E-state index contributed by atoms with van der Waals surface area (Å²) in [5, 5.41) is 15.5. The van der Waals surface area contributed by atoms with Gasteiger partial charge in [-0.15, -0.1) is 10.2 Å². The van der Waals surface area contributed by atoms with Crippen LogP contribution in [-0.2, 0) is 11.2 Å². The summed E-state index contributed by atoms with van der Waals surface area (Å²) in [6, 6.07) is 15.5. The molecule has 158 valence electrons. The fourth-order valence-electron chi connectivity index (χ4n) is 4.34. The average Bonchev–Trinajstić information content (AvgIpc) is 3.15. The number of hydrogen-bond donors (Lipinski definition) is 1. The number of thioether (sulfide) groups is 1. The summed E-state index contributed by atoms with van der Waals surface area (Å²) in [6.45, 7) is 3.96. The molecule has 0 aliphatic heterocycles. The molecule has 1 fully saturated rings. The van der Waals surface area contributed by atoms with E-state index in [1.54, 1.807) is 0 Å². The Morgan fingerprint density at radius 1 is 1.10 bits per heavy atom. The number of fused-ring (bicyclic) bond motifs is 1. The largest absolute Gasteiger partial charge is 0.353 e. The third-order valence-electron chi connectivity index (χ3n) is 5.69. The fraction of sp³-hybridized carbons (Fsp3) is 0.458. The van der Waals surface area contributed by atoms with Gasteiger partial charge in [-0.05, 0) is 43.0 Å². The number of aromatic nitrogens is 3. The highest BCUT2D eigenvalue weighted by molar-refractivity contribution is 7.99. The quantitative estimate of drug-likeness (QED) is 0.535. The van der Waals surface area contributed by atoms with Crippen LogP contribution in [0.15, 0.2) is 47.6 Å². The van der Waals surface area contributed by atoms with Gasteiger partial charge in [0.2, 0.25) is 5.91 Å². The zero-order valence-electron chi connectivity index (χ0n) is 17.8. The second kappa shape index (κ2) is 9.65. The lowest BCUT2D eigenvalue weighted by molar-refractivity contribution is -0.119. The molecule has 30 heavy (non-hydrogen) atoms. The number of hydrogen-bond acceptors (Lipinski definition) is 4. The van der Waals surface area contributed by atoms with E-state index in [1.807, 2.05) is 13.8 Å². The lowest BCUT2D eigenvalue weighted by atomic mass is 9.95. The van der Waals surface area contributed by atoms with Crippen LogP contribution in [0.1, 0.15) is 63.4 Å². The van der Waals surface area contributed by atoms with Crippen molar-refractivity contribution in [2.75, 3.05) is 5.75 Å². The van der Waals surface area contributed by atoms with Crippen LogP contribution in [0, 0.1) is 0 Å². The monoisotopic (exact) mass is 422 g/mol. The van der Waals surface area contributed by atoms with Crippen LogP contribution in [0.3, 0.4) is 0 Å². The number of amides is 1. The molecule has 0 bridgehead atoms. The van der Waals surface area contributed by atoms with Crippen molar-refractivity contribution in [2.45, 2.75) is 69.6 Å². The highest BCUT2D eigenvalue weighted by atomic mass is 32.2. The van der Waals surface area contributed by atoms with E-state index in [9.17, 15) is 4.79 Å². The van der Waals surface area contributed by atoms with Crippen LogP contribution in [-0.4, -0.2) is 32.5 Å². The van der Waals surface area contributed by atoms with Gasteiger partial charge >= 0.3 is 0 Å². The van der Waals surface area contributed by atoms with Crippen molar-refractivity contribution >= 4 is 28.4 Å². The van der Waals surface area contributed by atoms with E-state index in [4.69, 9.17) is 0 Å². The van der Waals surface area contributed by atoms with Crippen LogP contribution >= 0.6 is 11.8 Å². The SMILES string of the molecule is CC(C)NC(=O)CSc1nnc(Cc2cccc3ccccc23)n1C1CCCCC1. The van der Waals surface area contributed by atoms with E-state index in [2.05, 4.69) is 62.5 Å². The molecule has 5 nitrogen and oxygen atoms in total. The molecule has 1 aromatic heterocycles. The topological polar surface area (TPSA) is 59.8 Å². The number of rotatable bonds is 7. The van der Waals surface area contributed by atoms with Gasteiger partial charge in [-0.25, -0.2) is 0 Å². The maximum atomic E-state index is 12.2. The fourth-order valence-corrected chi connectivity index (χ4v) is 5.18. The van der Waals surface area contributed by atoms with Crippen molar-refractivity contribution in [3.8, 4) is 0 Å². The maximum Gasteiger partial charge on any atom is 0.230 e. The Kier molecular flexibility index (Phi) is 6.72. The lowest BCUT2D eigenvalue weighted by Gasteiger charge is -2.25. The van der Waals surface area contributed by atoms with Gasteiger partial charge in [-0.3, -0.25) is 4.79 Å². The molecular weight excluding hydrogens is 392 g/mol. The Hall–Kier alpha value is -2.34. The number of nitrogens with zero attached hydrogens (tertiary/aromatic N) is 3. The van der Waals surface area contributed by atoms with Gasteiger partial charge in [0.1, 0.15) is 5.82 Å². The first-order valence-corrected chi connectivity index (χ1v) is 11.9. The summed E-state index contributed by atoms with van der Waals surface area (Å²) in [5.74, 6) is 1.42. The zero-order valence-corrected chi connectivity index (χ0v) is 18.6. The molecule has 0 saturated heterocycles. The Balaban J connectivity index is 1.62. The van der Waals surface area contributed by atoms with Crippen molar-refractivity contribution in [3.05, 3.63) is 53.9 Å². The van der Waals surface area contributed by atoms with Gasteiger partial charge in [0.25, 0.3) is 0 Å². The van der Waals surface area contributed by atoms with Gasteiger partial charge in [0, 0.05) is 18.5 Å². The molecule has 1 amide bonds. The summed E-state index contributed by atoms with van der Waals surface area (Å²) in [4.78, 5) is 12.2. The third kappa shape index (κ3) is 4.86. The Bertz CT molecular complexity index is 1000. The second-order valence-corrected chi connectivity index (χ2v) is 9.33. The normalized spacial score (nSPS) is 15.0. The van der Waals surface area contributed by atoms with Crippen molar-refractivity contribution in [3.63, 3.8) is 0 Å². The van der Waals surface area contributed by atoms with E-state index in [0.29, 0.717) is 11.8 Å². The standard InChI is InChI=1S/C24H30N4OS/c1-17(2)25-23(29)16-30-24-27-26-22(28(24)20-12-4-3-5-13-20)15-19-11-8-10-18-9-6-7-14-21(18)19/h6-11,14,17,20H,3-5,12-13,15-16H2,1-2H3,(H,25,29). The molecule has 3 aromatic rings. The summed E-state index contributed by atoms with van der Waals surface area (Å²) in [7, 11) is 0. The van der Waals surface area contributed by atoms with E-state index in [1.165, 1.54) is 47.4 Å². The Morgan fingerprint density at radius 2 is 1.87 bits per heavy atom. The van der Waals surface area contributed by atoms with Gasteiger partial charge in [0.05, 0.1) is 5.75 Å². The molecule has 1 N–H and O–H groups in total. The predicted octanol–water partition coefficient (Wildman–Crippen LogP) is 5.14. The van der Waals surface area contributed by atoms with Crippen LogP contribution < -0.4 is 5.32 Å². The van der Waals surface area contributed by atoms with Crippen molar-refractivity contribution < 1.29 is 4.79 Å². The zero-order chi connectivity index (χ0) is 20.9. The van der Waals surface area contributed by atoms with Gasteiger partial charge in [0.15, 0.2) is 5.16 Å². The molecule has 1 saturated carbocycles. The predicted molar refractivity (Wildman–Crippen MR) is 123 cm³/mol. The van der Waals surface area contributed by atoms with Crippen LogP contribution in [0.25, 0.3) is 10.8 Å². The summed E-state index contributed by atoms with van der Waals surface area (Å²) < 4.78 is 2.33. The van der Waals surface area contributed by atoms with Crippen molar-refractivity contribution in [1.29, 1.82) is 0 Å². The first-order valence-electron chi connectivity index (χ1n) is 10.9. The molecule has 0 unspecified atom stereocenters. The van der Waals surface area contributed by atoms with Gasteiger partial charge in [-0.2, -0.15) is 0 Å². The molecule has 4 rings (SSSR count). The maximum absolute atomic E-state index is 12.2. The Labute approximate surface area is 182 Å². The molecule has 1 aliphatic carbocycles. The molecule has 6 heteroatoms. The van der Waals surface area contributed by atoms with E-state index in [-0.39, 0.29) is 11.9 Å². The number of carbonyl (C=O) groups is 1. The highest BCUT2D eigenvalue weighted by Gasteiger charge is 2.24. The lowest BCUT2D eigenvalue weighted by Crippen LogP contribution is -2.31. The summed E-state index contributed by atoms with van der Waals surface area (Å²) in [5.41, 5.74) is 1.27. The molecule has 0 atom stereocenters. The first-order chi connectivity index (χ1) is 14.6. The molecule has 1 heterocycles.